The molecule has 0 saturated carbocycles. The van der Waals surface area contributed by atoms with Crippen LogP contribution in [0.25, 0.3) is 0 Å². The fourth-order valence-electron chi connectivity index (χ4n) is 8.96. The number of ether oxygens (including phenoxy) is 4. The Balaban J connectivity index is 0.000000359. The zero-order valence-electron chi connectivity index (χ0n) is 48.9. The zero-order valence-corrected chi connectivity index (χ0v) is 49.6. The first-order valence-corrected chi connectivity index (χ1v) is 28.1. The van der Waals surface area contributed by atoms with E-state index >= 15 is 0 Å². The SMILES string of the molecule is CCC.COc1cc(C(=O)N(C)[C@@H](C)C(=O)O)ccc1NC(=O)C(CCCNC(N)=O)NC(=O)CNC(=O)CCCCCN1C(=O)C=CC1=O.COc1cc2cc(c1Cl)N(C)C(=O)CCC1OC1CC1C[C@](O)(C/C=C/C=C(\C)C2)NC(=O)O1. The first-order valence-electron chi connectivity index (χ1n) is 27.8. The number of nitrogens with zero attached hydrogens (tertiary/aromatic N) is 3. The Morgan fingerprint density at radius 3 is 2.30 bits per heavy atom. The summed E-state index contributed by atoms with van der Waals surface area (Å²) in [4.78, 5) is 125. The smallest absolute Gasteiger partial charge is 0.409 e. The van der Waals surface area contributed by atoms with E-state index in [1.165, 1.54) is 57.9 Å². The molecule has 4 unspecified atom stereocenters. The number of rotatable bonds is 20. The van der Waals surface area contributed by atoms with Gasteiger partial charge < -0.3 is 66.0 Å². The van der Waals surface area contributed by atoms with Crippen molar-refractivity contribution in [1.82, 2.24) is 31.1 Å². The molecule has 4 heterocycles. The average Bonchev–Trinajstić information content (AvgIpc) is 3.23. The number of nitrogens with one attached hydrogen (secondary N) is 5. The number of aliphatic hydroxyl groups is 1. The molecule has 26 heteroatoms. The molecule has 0 aromatic heterocycles. The second-order valence-corrected chi connectivity index (χ2v) is 21.0. The minimum Gasteiger partial charge on any atom is -0.495 e. The summed E-state index contributed by atoms with van der Waals surface area (Å²) in [6.45, 7) is 7.58. The number of carboxylic acids is 1. The van der Waals surface area contributed by atoms with E-state index in [1.54, 1.807) is 19.1 Å². The normalized spacial score (nSPS) is 20.9. The number of epoxide rings is 1. The lowest BCUT2D eigenvalue weighted by molar-refractivity contribution is -0.141. The maximum atomic E-state index is 13.2. The van der Waals surface area contributed by atoms with Crippen LogP contribution in [-0.2, 0) is 49.5 Å². The lowest BCUT2D eigenvalue weighted by Crippen LogP contribution is -2.56. The molecule has 4 bridgehead atoms. The fourth-order valence-corrected chi connectivity index (χ4v) is 9.27. The predicted octanol–water partition coefficient (Wildman–Crippen LogP) is 5.01. The minimum atomic E-state index is -1.37. The number of halogens is 1. The number of carbonyl (C=O) groups is 10. The van der Waals surface area contributed by atoms with E-state index in [9.17, 15) is 58.2 Å². The lowest BCUT2D eigenvalue weighted by Gasteiger charge is -2.36. The van der Waals surface area contributed by atoms with Crippen LogP contribution in [0.4, 0.5) is 21.0 Å². The minimum absolute atomic E-state index is 0.0777. The number of fused-ring (bicyclic) bond motifs is 5. The standard InChI is InChI=1S/C30H41N7O10.C25H31ClN2O6.C3H8/c1-18(29(44)45)36(2)28(43)19-10-11-20(22(16-19)47-3)35-27(42)21(8-7-14-32-30(31)46)34-24(39)17-33-23(38)9-5-4-6-15-37-25(40)12-13-26(37)41;1-15-6-4-5-9-25(31)14-17(33-24(30)27-25)13-20-19(34-20)7-8-22(29)28(2)18-11-16(10-15)12-21(32-3)23(18)26;1-3-2/h10-13,16,18,21H,4-9,14-15,17H2,1-3H3,(H,33,38)(H,34,39)(H,35,42)(H,44,45)(H3,31,32,46);4-6,11-12,17,19-20,31H,7-10,13-14H2,1-3H3,(H,27,30);3H2,1-2H3/b;5-4+,15-6+;/t18-,21?;17?,19?,20?,25-;/m01./s1. The van der Waals surface area contributed by atoms with Crippen molar-refractivity contribution in [3.8, 4) is 11.5 Å². The molecule has 6 atom stereocenters. The van der Waals surface area contributed by atoms with Crippen LogP contribution in [0.2, 0.25) is 5.02 Å². The second kappa shape index (κ2) is 33.3. The molecular weight excluding hydrogens is 1110 g/mol. The second-order valence-electron chi connectivity index (χ2n) is 20.6. The molecule has 0 spiro atoms. The number of urea groups is 1. The van der Waals surface area contributed by atoms with E-state index in [-0.39, 0.29) is 92.1 Å². The van der Waals surface area contributed by atoms with Crippen LogP contribution < -0.4 is 46.7 Å². The number of allylic oxidation sites excluding steroid dienone is 3. The zero-order chi connectivity index (χ0) is 62.3. The summed E-state index contributed by atoms with van der Waals surface area (Å²) in [6, 6.07) is 4.96. The molecule has 25 nitrogen and oxygen atoms in total. The molecule has 2 fully saturated rings. The van der Waals surface area contributed by atoms with Gasteiger partial charge in [0.05, 0.1) is 44.3 Å². The van der Waals surface area contributed by atoms with Gasteiger partial charge in [0.15, 0.2) is 0 Å². The van der Waals surface area contributed by atoms with Gasteiger partial charge in [-0.05, 0) is 88.3 Å². The molecule has 0 radical (unpaired) electrons. The van der Waals surface area contributed by atoms with E-state index in [0.717, 1.165) is 20.9 Å². The molecule has 0 aliphatic carbocycles. The maximum Gasteiger partial charge on any atom is 0.409 e. The predicted molar refractivity (Wildman–Crippen MR) is 311 cm³/mol. The van der Waals surface area contributed by atoms with Crippen molar-refractivity contribution in [1.29, 1.82) is 0 Å². The number of aliphatic carboxylic acids is 1. The topological polar surface area (TPSA) is 347 Å². The van der Waals surface area contributed by atoms with Gasteiger partial charge in [0, 0.05) is 77.0 Å². The first kappa shape index (κ1) is 68.5. The number of amides is 10. The van der Waals surface area contributed by atoms with Crippen molar-refractivity contribution >= 4 is 82.4 Å². The fraction of sp³-hybridized carbons (Fsp3) is 0.517. The van der Waals surface area contributed by atoms with Crippen LogP contribution in [0.1, 0.15) is 121 Å². The Morgan fingerprint density at radius 2 is 1.64 bits per heavy atom. The lowest BCUT2D eigenvalue weighted by atomic mass is 9.96. The van der Waals surface area contributed by atoms with Gasteiger partial charge in [-0.3, -0.25) is 43.8 Å². The number of alkyl carbamates (subject to hydrolysis) is 1. The van der Waals surface area contributed by atoms with Crippen LogP contribution in [0.15, 0.2) is 66.3 Å². The van der Waals surface area contributed by atoms with E-state index < -0.39 is 72.2 Å². The Morgan fingerprint density at radius 1 is 0.952 bits per heavy atom. The summed E-state index contributed by atoms with van der Waals surface area (Å²) in [6.07, 6.45) is 12.5. The number of carboxylic acid groups (broad SMARTS) is 1. The van der Waals surface area contributed by atoms with Crippen molar-refractivity contribution in [3.63, 3.8) is 0 Å². The number of primary amides is 1. The summed E-state index contributed by atoms with van der Waals surface area (Å²) in [7, 11) is 5.92. The number of methoxy groups -OCH3 is 2. The highest BCUT2D eigenvalue weighted by Crippen LogP contribution is 2.38. The number of unbranched alkanes of at least 4 members (excludes halogenated alkanes) is 2. The monoisotopic (exact) mass is 1190 g/mol. The number of carbonyl (C=O) groups excluding carboxylic acids is 9. The quantitative estimate of drug-likeness (QED) is 0.0490. The van der Waals surface area contributed by atoms with E-state index in [0.29, 0.717) is 61.4 Å². The molecule has 2 aromatic rings. The van der Waals surface area contributed by atoms with Crippen molar-refractivity contribution in [2.45, 2.75) is 147 Å². The molecule has 9 N–H and O–H groups in total. The summed E-state index contributed by atoms with van der Waals surface area (Å²) >= 11 is 6.54. The van der Waals surface area contributed by atoms with Crippen LogP contribution in [-0.4, -0.2) is 164 Å². The molecule has 4 aliphatic rings. The van der Waals surface area contributed by atoms with Gasteiger partial charge in [0.25, 0.3) is 17.7 Å². The van der Waals surface area contributed by atoms with Gasteiger partial charge in [-0.15, -0.1) is 0 Å². The van der Waals surface area contributed by atoms with E-state index in [2.05, 4.69) is 40.4 Å². The Labute approximate surface area is 494 Å². The summed E-state index contributed by atoms with van der Waals surface area (Å²) in [5.41, 5.74) is 6.62. The van der Waals surface area contributed by atoms with Crippen molar-refractivity contribution in [3.05, 3.63) is 82.4 Å². The van der Waals surface area contributed by atoms with Crippen LogP contribution in [0.5, 0.6) is 11.5 Å². The third-order valence-corrected chi connectivity index (χ3v) is 14.1. The molecule has 2 aromatic carbocycles. The maximum absolute atomic E-state index is 13.2. The summed E-state index contributed by atoms with van der Waals surface area (Å²) in [5.74, 6) is -3.66. The Kier molecular flexibility index (Phi) is 27.2. The average molecular weight is 1190 g/mol. The van der Waals surface area contributed by atoms with Gasteiger partial charge in [-0.2, -0.15) is 0 Å². The largest absolute Gasteiger partial charge is 0.495 e. The number of nitrogens with two attached hydrogens (primary N) is 1. The highest BCUT2D eigenvalue weighted by Gasteiger charge is 2.45. The highest BCUT2D eigenvalue weighted by molar-refractivity contribution is 6.35. The van der Waals surface area contributed by atoms with Gasteiger partial charge >= 0.3 is 18.1 Å². The third-order valence-electron chi connectivity index (χ3n) is 13.7. The first-order chi connectivity index (χ1) is 39.8. The number of hydrogen-bond donors (Lipinski definition) is 8. The van der Waals surface area contributed by atoms with Gasteiger partial charge in [0.1, 0.15) is 40.4 Å². The molecule has 84 heavy (non-hydrogen) atoms. The van der Waals surface area contributed by atoms with Gasteiger partial charge in [0.2, 0.25) is 23.6 Å². The number of benzene rings is 2. The van der Waals surface area contributed by atoms with Crippen molar-refractivity contribution in [2.24, 2.45) is 5.73 Å². The number of anilines is 2. The Bertz CT molecular complexity index is 2790. The molecule has 2 saturated heterocycles. The van der Waals surface area contributed by atoms with Crippen LogP contribution in [0, 0.1) is 0 Å². The molecular formula is C58H80ClN9O16. The summed E-state index contributed by atoms with van der Waals surface area (Å²) in [5, 5.41) is 33.1. The van der Waals surface area contributed by atoms with E-state index in [4.69, 9.17) is 36.3 Å². The number of hydrogen-bond acceptors (Lipinski definition) is 15. The molecule has 460 valence electrons. The van der Waals surface area contributed by atoms with Crippen molar-refractivity contribution in [2.75, 3.05) is 58.2 Å². The van der Waals surface area contributed by atoms with E-state index in [1.807, 2.05) is 37.3 Å². The molecule has 6 rings (SSSR count). The molecule has 10 amide bonds. The highest BCUT2D eigenvalue weighted by atomic mass is 35.5. The van der Waals surface area contributed by atoms with Gasteiger partial charge in [-0.25, -0.2) is 14.4 Å². The van der Waals surface area contributed by atoms with Crippen LogP contribution in [0.3, 0.4) is 0 Å². The Hall–Kier alpha value is -8.03. The third kappa shape index (κ3) is 21.6. The molecule has 4 aliphatic heterocycles. The van der Waals surface area contributed by atoms with Crippen molar-refractivity contribution < 1.29 is 77.1 Å². The number of imide groups is 1. The van der Waals surface area contributed by atoms with Crippen LogP contribution >= 0.6 is 11.6 Å². The summed E-state index contributed by atoms with van der Waals surface area (Å²) < 4.78 is 21.9. The number of likely N-dealkylation sites (N-methyl/N-ethyl adjacent to an activating group) is 1. The van der Waals surface area contributed by atoms with Gasteiger partial charge in [-0.1, -0.05) is 62.1 Å².